The van der Waals surface area contributed by atoms with Gasteiger partial charge in [-0.25, -0.2) is 4.98 Å². The van der Waals surface area contributed by atoms with Gasteiger partial charge in [-0.3, -0.25) is 4.79 Å². The maximum atomic E-state index is 11.5. The van der Waals surface area contributed by atoms with E-state index in [0.29, 0.717) is 17.9 Å². The minimum atomic E-state index is -0.457. The van der Waals surface area contributed by atoms with Crippen molar-refractivity contribution < 1.29 is 4.79 Å². The summed E-state index contributed by atoms with van der Waals surface area (Å²) < 4.78 is 0. The van der Waals surface area contributed by atoms with Crippen molar-refractivity contribution in [2.45, 2.75) is 26.6 Å². The van der Waals surface area contributed by atoms with Crippen LogP contribution in [0.2, 0.25) is 0 Å². The second kappa shape index (κ2) is 5.54. The molecule has 1 amide bonds. The van der Waals surface area contributed by atoms with Gasteiger partial charge in [0, 0.05) is 25.8 Å². The Balaban J connectivity index is 1.79. The number of aryl methyl sites for hydroxylation is 1. The molecule has 5 nitrogen and oxygen atoms in total. The van der Waals surface area contributed by atoms with E-state index in [1.807, 2.05) is 6.92 Å². The van der Waals surface area contributed by atoms with Crippen LogP contribution in [0.3, 0.4) is 0 Å². The first-order valence-corrected chi connectivity index (χ1v) is 6.96. The summed E-state index contributed by atoms with van der Waals surface area (Å²) in [6.45, 7) is 4.32. The summed E-state index contributed by atoms with van der Waals surface area (Å²) in [5, 5.41) is 6.54. The van der Waals surface area contributed by atoms with E-state index < -0.39 is 5.91 Å². The van der Waals surface area contributed by atoms with Crippen LogP contribution in [0, 0.1) is 6.92 Å². The molecule has 2 heterocycles. The maximum absolute atomic E-state index is 11.5. The normalized spacial score (nSPS) is 13.0. The number of pyridine rings is 1. The molecule has 0 bridgehead atoms. The standard InChI is InChI=1S/C16H18N4O/c1-10-4-5-19-16(14(10)15(17)21)20-7-11-2-3-12-8-18-9-13(12)6-11/h2-6,18H,7-9H2,1H3,(H2,17,21)(H,19,20). The van der Waals surface area contributed by atoms with Crippen molar-refractivity contribution in [3.8, 4) is 0 Å². The highest BCUT2D eigenvalue weighted by Crippen LogP contribution is 2.19. The lowest BCUT2D eigenvalue weighted by Crippen LogP contribution is -2.17. The van der Waals surface area contributed by atoms with Crippen molar-refractivity contribution in [2.75, 3.05) is 5.32 Å². The molecule has 0 saturated carbocycles. The molecule has 0 spiro atoms. The van der Waals surface area contributed by atoms with Gasteiger partial charge in [-0.05, 0) is 35.2 Å². The molecule has 0 radical (unpaired) electrons. The van der Waals surface area contributed by atoms with Crippen molar-refractivity contribution in [1.29, 1.82) is 0 Å². The van der Waals surface area contributed by atoms with Gasteiger partial charge in [-0.1, -0.05) is 18.2 Å². The summed E-state index contributed by atoms with van der Waals surface area (Å²) in [6, 6.07) is 8.21. The highest BCUT2D eigenvalue weighted by Gasteiger charge is 2.13. The third kappa shape index (κ3) is 2.73. The minimum absolute atomic E-state index is 0.457. The van der Waals surface area contributed by atoms with Crippen LogP contribution in [-0.4, -0.2) is 10.9 Å². The molecule has 108 valence electrons. The Hall–Kier alpha value is -2.40. The Kier molecular flexibility index (Phi) is 3.58. The van der Waals surface area contributed by atoms with Gasteiger partial charge in [0.15, 0.2) is 0 Å². The first-order chi connectivity index (χ1) is 10.1. The molecule has 0 atom stereocenters. The van der Waals surface area contributed by atoms with Gasteiger partial charge < -0.3 is 16.4 Å². The highest BCUT2D eigenvalue weighted by molar-refractivity contribution is 5.98. The molecule has 3 rings (SSSR count). The van der Waals surface area contributed by atoms with Gasteiger partial charge >= 0.3 is 0 Å². The summed E-state index contributed by atoms with van der Waals surface area (Å²) in [7, 11) is 0. The monoisotopic (exact) mass is 282 g/mol. The Labute approximate surface area is 123 Å². The molecule has 0 unspecified atom stereocenters. The van der Waals surface area contributed by atoms with Gasteiger partial charge in [0.2, 0.25) is 0 Å². The molecule has 4 N–H and O–H groups in total. The van der Waals surface area contributed by atoms with Gasteiger partial charge in [-0.2, -0.15) is 0 Å². The number of hydrogen-bond acceptors (Lipinski definition) is 4. The van der Waals surface area contributed by atoms with Crippen molar-refractivity contribution in [3.63, 3.8) is 0 Å². The van der Waals surface area contributed by atoms with E-state index in [2.05, 4.69) is 33.8 Å². The van der Waals surface area contributed by atoms with Crippen molar-refractivity contribution in [2.24, 2.45) is 5.73 Å². The first kappa shape index (κ1) is 13.6. The first-order valence-electron chi connectivity index (χ1n) is 6.96. The number of rotatable bonds is 4. The summed E-state index contributed by atoms with van der Waals surface area (Å²) in [5.74, 6) is 0.0855. The molecule has 1 aromatic heterocycles. The van der Waals surface area contributed by atoms with Crippen LogP contribution in [0.4, 0.5) is 5.82 Å². The number of anilines is 1. The number of aromatic nitrogens is 1. The smallest absolute Gasteiger partial charge is 0.252 e. The number of fused-ring (bicyclic) bond motifs is 1. The molecule has 1 aliphatic rings. The predicted octanol–water partition coefficient (Wildman–Crippen LogP) is 1.70. The number of hydrogen-bond donors (Lipinski definition) is 3. The zero-order valence-corrected chi connectivity index (χ0v) is 11.9. The lowest BCUT2D eigenvalue weighted by atomic mass is 10.1. The molecular formula is C16H18N4O. The molecule has 21 heavy (non-hydrogen) atoms. The van der Waals surface area contributed by atoms with E-state index in [4.69, 9.17) is 5.73 Å². The van der Waals surface area contributed by atoms with E-state index in [9.17, 15) is 4.79 Å². The Bertz CT molecular complexity index is 697. The van der Waals surface area contributed by atoms with Crippen LogP contribution in [0.15, 0.2) is 30.5 Å². The van der Waals surface area contributed by atoms with Crippen molar-refractivity contribution >= 4 is 11.7 Å². The maximum Gasteiger partial charge on any atom is 0.252 e. The number of benzene rings is 1. The zero-order chi connectivity index (χ0) is 14.8. The molecular weight excluding hydrogens is 264 g/mol. The zero-order valence-electron chi connectivity index (χ0n) is 11.9. The fourth-order valence-corrected chi connectivity index (χ4v) is 2.65. The molecule has 0 fully saturated rings. The Morgan fingerprint density at radius 1 is 1.33 bits per heavy atom. The van der Waals surface area contributed by atoms with E-state index in [1.54, 1.807) is 12.3 Å². The Morgan fingerprint density at radius 3 is 2.95 bits per heavy atom. The summed E-state index contributed by atoms with van der Waals surface area (Å²) in [4.78, 5) is 15.8. The van der Waals surface area contributed by atoms with Crippen LogP contribution >= 0.6 is 0 Å². The van der Waals surface area contributed by atoms with E-state index in [0.717, 1.165) is 24.2 Å². The summed E-state index contributed by atoms with van der Waals surface area (Å²) in [6.07, 6.45) is 1.68. The number of nitrogens with two attached hydrogens (primary N) is 1. The predicted molar refractivity (Wildman–Crippen MR) is 81.8 cm³/mol. The quantitative estimate of drug-likeness (QED) is 0.797. The van der Waals surface area contributed by atoms with Crippen LogP contribution < -0.4 is 16.4 Å². The number of carbonyl (C=O) groups is 1. The largest absolute Gasteiger partial charge is 0.365 e. The fraction of sp³-hybridized carbons (Fsp3) is 0.250. The molecule has 2 aromatic rings. The summed E-state index contributed by atoms with van der Waals surface area (Å²) in [5.41, 5.74) is 10.6. The van der Waals surface area contributed by atoms with Crippen molar-refractivity contribution in [1.82, 2.24) is 10.3 Å². The van der Waals surface area contributed by atoms with Crippen molar-refractivity contribution in [3.05, 3.63) is 58.3 Å². The third-order valence-electron chi connectivity index (χ3n) is 3.77. The number of carbonyl (C=O) groups excluding carboxylic acids is 1. The second-order valence-corrected chi connectivity index (χ2v) is 5.28. The lowest BCUT2D eigenvalue weighted by Gasteiger charge is -2.11. The molecule has 1 aromatic carbocycles. The van der Waals surface area contributed by atoms with Crippen LogP contribution in [0.1, 0.15) is 32.6 Å². The van der Waals surface area contributed by atoms with Crippen LogP contribution in [0.5, 0.6) is 0 Å². The van der Waals surface area contributed by atoms with E-state index in [-0.39, 0.29) is 0 Å². The molecule has 0 aliphatic carbocycles. The molecule has 5 heteroatoms. The fourth-order valence-electron chi connectivity index (χ4n) is 2.65. The van der Waals surface area contributed by atoms with E-state index in [1.165, 1.54) is 11.1 Å². The van der Waals surface area contributed by atoms with Gasteiger partial charge in [0.05, 0.1) is 5.56 Å². The number of nitrogens with one attached hydrogen (secondary N) is 2. The average molecular weight is 282 g/mol. The van der Waals surface area contributed by atoms with E-state index >= 15 is 0 Å². The lowest BCUT2D eigenvalue weighted by molar-refractivity contribution is 0.1000. The van der Waals surface area contributed by atoms with Crippen LogP contribution in [-0.2, 0) is 19.6 Å². The second-order valence-electron chi connectivity index (χ2n) is 5.28. The van der Waals surface area contributed by atoms with Crippen LogP contribution in [0.25, 0.3) is 0 Å². The average Bonchev–Trinajstić information content (AvgIpc) is 2.92. The third-order valence-corrected chi connectivity index (χ3v) is 3.77. The Morgan fingerprint density at radius 2 is 2.14 bits per heavy atom. The molecule has 0 saturated heterocycles. The topological polar surface area (TPSA) is 80.0 Å². The highest BCUT2D eigenvalue weighted by atomic mass is 16.1. The number of primary amides is 1. The van der Waals surface area contributed by atoms with Gasteiger partial charge in [-0.15, -0.1) is 0 Å². The minimum Gasteiger partial charge on any atom is -0.365 e. The van der Waals surface area contributed by atoms with Gasteiger partial charge in [0.25, 0.3) is 5.91 Å². The summed E-state index contributed by atoms with van der Waals surface area (Å²) >= 11 is 0. The number of amides is 1. The number of nitrogens with zero attached hydrogens (tertiary/aromatic N) is 1. The van der Waals surface area contributed by atoms with Gasteiger partial charge in [0.1, 0.15) is 5.82 Å². The SMILES string of the molecule is Cc1ccnc(NCc2ccc3c(c2)CNC3)c1C(N)=O. The molecule has 1 aliphatic heterocycles.